The molecule has 0 amide bonds. The Bertz CT molecular complexity index is 784. The predicted molar refractivity (Wildman–Crippen MR) is 107 cm³/mol. The molecule has 5 aliphatic rings. The van der Waals surface area contributed by atoms with Crippen molar-refractivity contribution in [1.82, 2.24) is 0 Å². The Balaban J connectivity index is 1.68. The maximum Gasteiger partial charge on any atom is 0.337 e. The van der Waals surface area contributed by atoms with Crippen molar-refractivity contribution in [2.75, 3.05) is 6.61 Å². The molecule has 5 rings (SSSR count). The Morgan fingerprint density at radius 3 is 2.72 bits per heavy atom. The molecule has 10 atom stereocenters. The smallest absolute Gasteiger partial charge is 0.337 e. The molecule has 0 spiro atoms. The van der Waals surface area contributed by atoms with Gasteiger partial charge in [-0.15, -0.1) is 0 Å². The molecule has 2 bridgehead atoms. The zero-order valence-electron chi connectivity index (χ0n) is 17.9. The molecular formula is C24H34O5. The van der Waals surface area contributed by atoms with E-state index < -0.39 is 12.2 Å². The average Bonchev–Trinajstić information content (AvgIpc) is 3.21. The van der Waals surface area contributed by atoms with Gasteiger partial charge in [-0.3, -0.25) is 0 Å². The first kappa shape index (κ1) is 19.6. The first-order valence-electron chi connectivity index (χ1n) is 11.4. The van der Waals surface area contributed by atoms with E-state index in [4.69, 9.17) is 9.47 Å². The van der Waals surface area contributed by atoms with Gasteiger partial charge in [-0.2, -0.15) is 0 Å². The highest BCUT2D eigenvalue weighted by atomic mass is 16.5. The van der Waals surface area contributed by atoms with Gasteiger partial charge < -0.3 is 19.7 Å². The molecule has 0 aromatic heterocycles. The quantitative estimate of drug-likeness (QED) is 0.520. The van der Waals surface area contributed by atoms with Gasteiger partial charge in [0, 0.05) is 30.1 Å². The molecule has 2 aliphatic heterocycles. The zero-order chi connectivity index (χ0) is 20.7. The standard InChI is InChI=1S/C24H34O5/c1-5-16-20-19-15(24(4,29-16)7-6-8-28-23(20)27)10-13-11(2)9-14-18(17(13)19)22(26)12(3)21(14)25/h9,12-15,17-19,21-22,25-26H,5-8,10H2,1-4H3/t12?,13?,14?,15-,17?,18?,19-,21?,22?,24+/m1/s1. The number of allylic oxidation sites excluding steroid dienone is 2. The first-order chi connectivity index (χ1) is 13.8. The number of carbonyl (C=O) groups excluding carboxylic acids is 1. The summed E-state index contributed by atoms with van der Waals surface area (Å²) in [5.41, 5.74) is 1.71. The summed E-state index contributed by atoms with van der Waals surface area (Å²) in [7, 11) is 0. The highest BCUT2D eigenvalue weighted by molar-refractivity contribution is 5.90. The van der Waals surface area contributed by atoms with Crippen molar-refractivity contribution in [2.45, 2.75) is 71.2 Å². The summed E-state index contributed by atoms with van der Waals surface area (Å²) in [6.07, 6.45) is 4.46. The molecule has 0 aromatic carbocycles. The molecule has 0 aromatic rings. The van der Waals surface area contributed by atoms with Crippen molar-refractivity contribution in [3.63, 3.8) is 0 Å². The largest absolute Gasteiger partial charge is 0.491 e. The van der Waals surface area contributed by atoms with Gasteiger partial charge in [-0.25, -0.2) is 4.79 Å². The van der Waals surface area contributed by atoms with Gasteiger partial charge in [-0.1, -0.05) is 25.5 Å². The van der Waals surface area contributed by atoms with Crippen LogP contribution in [0.4, 0.5) is 0 Å². The SMILES string of the molecule is CCC1=C2C(=O)OCCC[C@](C)(O1)[C@@H]1CC3C(C)=CC4C(O)C(C)C(O)C4C3[C@H]21. The molecule has 0 radical (unpaired) electrons. The predicted octanol–water partition coefficient (Wildman–Crippen LogP) is 3.21. The van der Waals surface area contributed by atoms with Gasteiger partial charge in [0.1, 0.15) is 11.4 Å². The average molecular weight is 403 g/mol. The number of hydrogen-bond donors (Lipinski definition) is 2. The van der Waals surface area contributed by atoms with E-state index in [-0.39, 0.29) is 47.1 Å². The summed E-state index contributed by atoms with van der Waals surface area (Å²) in [5.74, 6) is 1.07. The van der Waals surface area contributed by atoms with Crippen LogP contribution in [0.2, 0.25) is 0 Å². The molecule has 2 fully saturated rings. The molecule has 3 aliphatic carbocycles. The minimum atomic E-state index is -0.549. The number of carbonyl (C=O) groups is 1. The number of esters is 1. The number of aliphatic hydroxyl groups is 2. The third-order valence-corrected chi connectivity index (χ3v) is 8.98. The Kier molecular flexibility index (Phi) is 4.45. The zero-order valence-corrected chi connectivity index (χ0v) is 17.9. The van der Waals surface area contributed by atoms with Gasteiger partial charge in [0.05, 0.1) is 24.4 Å². The second-order valence-corrected chi connectivity index (χ2v) is 10.3. The lowest BCUT2D eigenvalue weighted by molar-refractivity contribution is -0.141. The van der Waals surface area contributed by atoms with Crippen LogP contribution in [-0.4, -0.2) is 40.6 Å². The minimum absolute atomic E-state index is 0.0206. The fourth-order valence-electron chi connectivity index (χ4n) is 7.61. The number of ether oxygens (including phenoxy) is 2. The minimum Gasteiger partial charge on any atom is -0.491 e. The summed E-state index contributed by atoms with van der Waals surface area (Å²) in [6.45, 7) is 8.81. The van der Waals surface area contributed by atoms with Crippen LogP contribution in [0.15, 0.2) is 23.0 Å². The first-order valence-corrected chi connectivity index (χ1v) is 11.4. The summed E-state index contributed by atoms with van der Waals surface area (Å²) in [6, 6.07) is 0. The third kappa shape index (κ3) is 2.56. The second-order valence-electron chi connectivity index (χ2n) is 10.3. The van der Waals surface area contributed by atoms with E-state index in [1.165, 1.54) is 5.57 Å². The van der Waals surface area contributed by atoms with Crippen LogP contribution in [0, 0.1) is 41.4 Å². The van der Waals surface area contributed by atoms with Crippen LogP contribution in [0.25, 0.3) is 0 Å². The number of cyclic esters (lactones) is 1. The normalized spacial score (nSPS) is 51.2. The van der Waals surface area contributed by atoms with Gasteiger partial charge >= 0.3 is 5.97 Å². The van der Waals surface area contributed by atoms with Crippen LogP contribution >= 0.6 is 0 Å². The number of hydrogen-bond acceptors (Lipinski definition) is 5. The molecule has 2 saturated carbocycles. The van der Waals surface area contributed by atoms with E-state index in [1.807, 2.05) is 13.8 Å². The van der Waals surface area contributed by atoms with E-state index >= 15 is 0 Å². The molecule has 2 N–H and O–H groups in total. The van der Waals surface area contributed by atoms with Crippen molar-refractivity contribution in [1.29, 1.82) is 0 Å². The summed E-state index contributed by atoms with van der Waals surface area (Å²) in [5, 5.41) is 22.0. The molecule has 2 heterocycles. The van der Waals surface area contributed by atoms with Crippen LogP contribution in [-0.2, 0) is 14.3 Å². The highest BCUT2D eigenvalue weighted by Gasteiger charge is 2.64. The maximum atomic E-state index is 13.2. The molecule has 5 nitrogen and oxygen atoms in total. The maximum absolute atomic E-state index is 13.2. The highest BCUT2D eigenvalue weighted by Crippen LogP contribution is 2.64. The van der Waals surface area contributed by atoms with E-state index in [0.29, 0.717) is 18.9 Å². The summed E-state index contributed by atoms with van der Waals surface area (Å²) < 4.78 is 12.2. The van der Waals surface area contributed by atoms with Crippen LogP contribution in [0.3, 0.4) is 0 Å². The molecule has 7 unspecified atom stereocenters. The van der Waals surface area contributed by atoms with Crippen molar-refractivity contribution in [3.8, 4) is 0 Å². The van der Waals surface area contributed by atoms with Crippen molar-refractivity contribution < 1.29 is 24.5 Å². The molecule has 5 heteroatoms. The third-order valence-electron chi connectivity index (χ3n) is 8.98. The van der Waals surface area contributed by atoms with Crippen LogP contribution in [0.5, 0.6) is 0 Å². The van der Waals surface area contributed by atoms with Crippen LogP contribution in [0.1, 0.15) is 53.4 Å². The topological polar surface area (TPSA) is 76.0 Å². The van der Waals surface area contributed by atoms with Gasteiger partial charge in [-0.05, 0) is 50.9 Å². The monoisotopic (exact) mass is 402 g/mol. The number of aliphatic hydroxyl groups excluding tert-OH is 2. The Morgan fingerprint density at radius 1 is 1.24 bits per heavy atom. The van der Waals surface area contributed by atoms with Crippen molar-refractivity contribution in [3.05, 3.63) is 23.0 Å². The Morgan fingerprint density at radius 2 is 2.00 bits per heavy atom. The fraction of sp³-hybridized carbons (Fsp3) is 0.792. The van der Waals surface area contributed by atoms with Gasteiger partial charge in [0.25, 0.3) is 0 Å². The van der Waals surface area contributed by atoms with Crippen molar-refractivity contribution in [2.24, 2.45) is 41.4 Å². The lowest BCUT2D eigenvalue weighted by atomic mass is 9.63. The molecule has 0 saturated heterocycles. The Labute approximate surface area is 173 Å². The van der Waals surface area contributed by atoms with Gasteiger partial charge in [0.2, 0.25) is 0 Å². The Hall–Kier alpha value is -1.33. The van der Waals surface area contributed by atoms with Crippen LogP contribution < -0.4 is 0 Å². The summed E-state index contributed by atoms with van der Waals surface area (Å²) >= 11 is 0. The van der Waals surface area contributed by atoms with Crippen molar-refractivity contribution >= 4 is 5.97 Å². The summed E-state index contributed by atoms with van der Waals surface area (Å²) in [4.78, 5) is 13.2. The van der Waals surface area contributed by atoms with E-state index in [2.05, 4.69) is 19.9 Å². The molecule has 160 valence electrons. The number of rotatable bonds is 1. The lowest BCUT2D eigenvalue weighted by Gasteiger charge is -2.47. The fourth-order valence-corrected chi connectivity index (χ4v) is 7.61. The number of fused-ring (bicyclic) bond motifs is 9. The van der Waals surface area contributed by atoms with E-state index in [9.17, 15) is 15.0 Å². The molecular weight excluding hydrogens is 368 g/mol. The molecule has 29 heavy (non-hydrogen) atoms. The second kappa shape index (κ2) is 6.58. The van der Waals surface area contributed by atoms with E-state index in [0.717, 1.165) is 30.6 Å². The van der Waals surface area contributed by atoms with E-state index in [1.54, 1.807) is 0 Å². The van der Waals surface area contributed by atoms with Gasteiger partial charge in [0.15, 0.2) is 0 Å². The lowest BCUT2D eigenvalue weighted by Crippen LogP contribution is -2.48.